The van der Waals surface area contributed by atoms with Crippen molar-refractivity contribution in [3.63, 3.8) is 0 Å². The lowest BCUT2D eigenvalue weighted by molar-refractivity contribution is -0.312. The van der Waals surface area contributed by atoms with Crippen LogP contribution in [-0.2, 0) is 25.5 Å². The fourth-order valence-corrected chi connectivity index (χ4v) is 7.85. The first-order valence-corrected chi connectivity index (χ1v) is 10.7. The van der Waals surface area contributed by atoms with Crippen LogP contribution in [0, 0.1) is 5.41 Å². The molecule has 1 N–H and O–H groups in total. The van der Waals surface area contributed by atoms with Crippen molar-refractivity contribution in [2.24, 2.45) is 5.41 Å². The molecule has 0 aromatic heterocycles. The largest absolute Gasteiger partial charge is 0.548 e. The number of aliphatic carboxylic acids is 1. The van der Waals surface area contributed by atoms with E-state index in [0.717, 1.165) is 18.4 Å². The lowest BCUT2D eigenvalue weighted by Gasteiger charge is -2.43. The van der Waals surface area contributed by atoms with Gasteiger partial charge in [-0.3, -0.25) is 19.8 Å². The fraction of sp³-hybridized carbons (Fsp3) is 0.632. The number of carbonyl (C=O) groups is 3. The van der Waals surface area contributed by atoms with Crippen LogP contribution in [0.3, 0.4) is 0 Å². The molecule has 4 aliphatic rings. The van der Waals surface area contributed by atoms with E-state index in [4.69, 9.17) is 0 Å². The molecule has 7 nitrogen and oxygen atoms in total. The fourth-order valence-electron chi connectivity index (χ4n) is 4.65. The van der Waals surface area contributed by atoms with Gasteiger partial charge in [0.05, 0.1) is 11.6 Å². The van der Waals surface area contributed by atoms with Crippen molar-refractivity contribution in [2.45, 2.75) is 63.7 Å². The predicted molar refractivity (Wildman–Crippen MR) is 99.7 cm³/mol. The molecule has 0 radical (unpaired) electrons. The number of carbonyl (C=O) groups excluding carboxylic acids is 3. The molecule has 27 heavy (non-hydrogen) atoms. The number of rotatable bonds is 3. The number of carboxylic acid groups (broad SMARTS) is 1. The van der Waals surface area contributed by atoms with Gasteiger partial charge in [-0.1, -0.05) is 32.1 Å². The number of amides is 2. The van der Waals surface area contributed by atoms with Crippen LogP contribution in [-0.4, -0.2) is 55.9 Å². The van der Waals surface area contributed by atoms with E-state index in [9.17, 15) is 19.5 Å². The topological polar surface area (TPSA) is 92.8 Å². The Hall–Kier alpha value is -1.80. The van der Waals surface area contributed by atoms with Crippen molar-refractivity contribution in [3.8, 4) is 0 Å². The maximum absolute atomic E-state index is 13.3. The van der Waals surface area contributed by atoms with E-state index in [1.54, 1.807) is 4.90 Å². The van der Waals surface area contributed by atoms with Crippen LogP contribution < -0.4 is 10.4 Å². The highest BCUT2D eigenvalue weighted by atomic mass is 32.2. The molecule has 0 saturated carbocycles. The minimum absolute atomic E-state index is 0.0956. The number of allylic oxidation sites excluding steroid dienone is 3. The van der Waals surface area contributed by atoms with Crippen LogP contribution in [0.1, 0.15) is 40.5 Å². The molecule has 1 aliphatic carbocycles. The second-order valence-electron chi connectivity index (χ2n) is 8.81. The Labute approximate surface area is 161 Å². The Kier molecular flexibility index (Phi) is 4.02. The van der Waals surface area contributed by atoms with Gasteiger partial charge in [0.25, 0.3) is 0 Å². The zero-order valence-electron chi connectivity index (χ0n) is 16.0. The van der Waals surface area contributed by atoms with Crippen molar-refractivity contribution in [1.29, 1.82) is 0 Å². The molecule has 3 saturated heterocycles. The Bertz CT molecular complexity index is 788. The summed E-state index contributed by atoms with van der Waals surface area (Å²) < 4.78 is 1.44. The summed E-state index contributed by atoms with van der Waals surface area (Å²) in [5, 5.41) is 14.4. The first-order chi connectivity index (χ1) is 12.6. The van der Waals surface area contributed by atoms with Crippen LogP contribution >= 0.6 is 0 Å². The molecule has 2 amide bonds. The van der Waals surface area contributed by atoms with Crippen molar-refractivity contribution < 1.29 is 19.5 Å². The minimum atomic E-state index is -1.22. The smallest absolute Gasteiger partial charge is 0.341 e. The van der Waals surface area contributed by atoms with E-state index in [1.165, 1.54) is 4.31 Å². The summed E-state index contributed by atoms with van der Waals surface area (Å²) in [6.45, 7) is 7.50. The first-order valence-electron chi connectivity index (χ1n) is 9.25. The van der Waals surface area contributed by atoms with Gasteiger partial charge in [0, 0.05) is 5.41 Å². The van der Waals surface area contributed by atoms with Gasteiger partial charge in [-0.25, -0.2) is 0 Å². The SMILES string of the molecule is CC1(C)C[S+]2C(N3C(=O)C(C4=CCC=CC4)NC3(C)C)C(=O)N2C1C(=O)[O-]. The van der Waals surface area contributed by atoms with Crippen molar-refractivity contribution in [2.75, 3.05) is 5.75 Å². The number of fused-ring (bicyclic) bond motifs is 1. The quantitative estimate of drug-likeness (QED) is 0.525. The lowest BCUT2D eigenvalue weighted by atomic mass is 9.86. The normalized spacial score (nSPS) is 36.5. The molecule has 3 heterocycles. The summed E-state index contributed by atoms with van der Waals surface area (Å²) in [5.74, 6) is -1.02. The molecule has 0 aromatic rings. The summed E-state index contributed by atoms with van der Waals surface area (Å²) in [4.78, 5) is 39.5. The Morgan fingerprint density at radius 2 is 1.93 bits per heavy atom. The predicted octanol–water partition coefficient (Wildman–Crippen LogP) is -0.341. The van der Waals surface area contributed by atoms with Gasteiger partial charge in [-0.2, -0.15) is 0 Å². The first kappa shape index (κ1) is 18.6. The van der Waals surface area contributed by atoms with Gasteiger partial charge in [-0.05, 0) is 32.3 Å². The van der Waals surface area contributed by atoms with Crippen molar-refractivity contribution >= 4 is 28.9 Å². The number of carboxylic acids is 1. The maximum atomic E-state index is 13.3. The van der Waals surface area contributed by atoms with E-state index in [-0.39, 0.29) is 11.8 Å². The van der Waals surface area contributed by atoms with Crippen LogP contribution in [0.2, 0.25) is 0 Å². The third kappa shape index (κ3) is 2.56. The van der Waals surface area contributed by atoms with Crippen LogP contribution in [0.15, 0.2) is 23.8 Å². The van der Waals surface area contributed by atoms with E-state index >= 15 is 0 Å². The lowest BCUT2D eigenvalue weighted by Crippen LogP contribution is -2.72. The zero-order valence-corrected chi connectivity index (χ0v) is 16.8. The standard InChI is InChI=1S/C19H25N3O4S/c1-18(2)10-27-16(15(24)22(27)13(18)17(25)26)21-14(23)12(20-19(21,3)4)11-8-6-5-7-9-11/h5-6,9,12-13,16,20H,7-8,10H2,1-4H3. The van der Waals surface area contributed by atoms with Gasteiger partial charge >= 0.3 is 11.3 Å². The van der Waals surface area contributed by atoms with Gasteiger partial charge in [0.1, 0.15) is 28.9 Å². The Morgan fingerprint density at radius 3 is 2.52 bits per heavy atom. The van der Waals surface area contributed by atoms with Gasteiger partial charge in [0.2, 0.25) is 5.91 Å². The molecule has 0 bridgehead atoms. The van der Waals surface area contributed by atoms with E-state index < -0.39 is 45.6 Å². The van der Waals surface area contributed by atoms with Gasteiger partial charge in [0.15, 0.2) is 0 Å². The van der Waals surface area contributed by atoms with Crippen LogP contribution in [0.5, 0.6) is 0 Å². The summed E-state index contributed by atoms with van der Waals surface area (Å²) in [7, 11) is 0. The van der Waals surface area contributed by atoms with Crippen molar-refractivity contribution in [3.05, 3.63) is 23.8 Å². The number of hydrogen-bond acceptors (Lipinski definition) is 5. The second-order valence-corrected chi connectivity index (χ2v) is 10.7. The van der Waals surface area contributed by atoms with Gasteiger partial charge in [-0.15, -0.1) is 4.31 Å². The average Bonchev–Trinajstić information content (AvgIpc) is 2.98. The van der Waals surface area contributed by atoms with E-state index in [2.05, 4.69) is 23.5 Å². The Balaban J connectivity index is 1.62. The Morgan fingerprint density at radius 1 is 1.22 bits per heavy atom. The highest BCUT2D eigenvalue weighted by molar-refractivity contribution is 7.99. The van der Waals surface area contributed by atoms with Crippen LogP contribution in [0.4, 0.5) is 0 Å². The van der Waals surface area contributed by atoms with Crippen LogP contribution in [0.25, 0.3) is 0 Å². The number of nitrogens with one attached hydrogen (secondary N) is 1. The van der Waals surface area contributed by atoms with E-state index in [0.29, 0.717) is 5.75 Å². The third-order valence-electron chi connectivity index (χ3n) is 5.88. The minimum Gasteiger partial charge on any atom is -0.548 e. The van der Waals surface area contributed by atoms with Crippen molar-refractivity contribution in [1.82, 2.24) is 14.5 Å². The summed E-state index contributed by atoms with van der Waals surface area (Å²) in [5.41, 5.74) is -0.209. The van der Waals surface area contributed by atoms with Gasteiger partial charge < -0.3 is 9.90 Å². The molecule has 4 atom stereocenters. The molecule has 0 spiro atoms. The number of hydrogen-bond donors (Lipinski definition) is 1. The summed E-state index contributed by atoms with van der Waals surface area (Å²) in [6, 6.07) is -1.36. The monoisotopic (exact) mass is 391 g/mol. The third-order valence-corrected chi connectivity index (χ3v) is 8.75. The molecule has 3 fully saturated rings. The average molecular weight is 391 g/mol. The zero-order chi connectivity index (χ0) is 19.7. The van der Waals surface area contributed by atoms with E-state index in [1.807, 2.05) is 27.7 Å². The molecule has 0 aromatic carbocycles. The molecule has 146 valence electrons. The highest BCUT2D eigenvalue weighted by Crippen LogP contribution is 2.49. The number of nitrogens with zero attached hydrogens (tertiary/aromatic N) is 2. The molecule has 3 aliphatic heterocycles. The second kappa shape index (κ2) is 5.85. The highest BCUT2D eigenvalue weighted by Gasteiger charge is 2.75. The molecular formula is C19H25N3O4S. The molecular weight excluding hydrogens is 366 g/mol. The molecule has 4 unspecified atom stereocenters. The summed E-state index contributed by atoms with van der Waals surface area (Å²) in [6.07, 6.45) is 7.73. The maximum Gasteiger partial charge on any atom is 0.341 e. The summed E-state index contributed by atoms with van der Waals surface area (Å²) >= 11 is -0.607. The molecule has 8 heteroatoms. The molecule has 4 rings (SSSR count).